The van der Waals surface area contributed by atoms with Crippen molar-refractivity contribution in [1.29, 1.82) is 5.26 Å². The zero-order chi connectivity index (χ0) is 20.9. The maximum absolute atomic E-state index is 9.97. The van der Waals surface area contributed by atoms with Gasteiger partial charge in [0.25, 0.3) is 0 Å². The van der Waals surface area contributed by atoms with Gasteiger partial charge in [-0.15, -0.1) is 0 Å². The van der Waals surface area contributed by atoms with Gasteiger partial charge in [0.15, 0.2) is 0 Å². The van der Waals surface area contributed by atoms with Crippen molar-refractivity contribution in [3.63, 3.8) is 0 Å². The fourth-order valence-electron chi connectivity index (χ4n) is 3.17. The summed E-state index contributed by atoms with van der Waals surface area (Å²) in [7, 11) is 1.63. The van der Waals surface area contributed by atoms with E-state index in [9.17, 15) is 5.26 Å². The zero-order valence-electron chi connectivity index (χ0n) is 16.8. The molecular formula is C25H20N4O. The van der Waals surface area contributed by atoms with Gasteiger partial charge in [-0.1, -0.05) is 35.9 Å². The van der Waals surface area contributed by atoms with Crippen LogP contribution < -0.4 is 10.1 Å². The van der Waals surface area contributed by atoms with E-state index in [1.807, 2.05) is 79.7 Å². The summed E-state index contributed by atoms with van der Waals surface area (Å²) in [4.78, 5) is 9.16. The predicted molar refractivity (Wildman–Crippen MR) is 119 cm³/mol. The Bertz CT molecular complexity index is 1200. The van der Waals surface area contributed by atoms with Gasteiger partial charge in [0.2, 0.25) is 0 Å². The summed E-state index contributed by atoms with van der Waals surface area (Å²) in [5, 5.41) is 13.3. The molecule has 146 valence electrons. The van der Waals surface area contributed by atoms with Gasteiger partial charge in [-0.25, -0.2) is 4.98 Å². The van der Waals surface area contributed by atoms with Crippen LogP contribution in [-0.2, 0) is 0 Å². The van der Waals surface area contributed by atoms with E-state index in [-0.39, 0.29) is 0 Å². The van der Waals surface area contributed by atoms with Crippen LogP contribution in [0.1, 0.15) is 11.1 Å². The van der Waals surface area contributed by atoms with Crippen LogP contribution in [0, 0.1) is 18.3 Å². The van der Waals surface area contributed by atoms with Crippen molar-refractivity contribution in [3.05, 3.63) is 90.1 Å². The molecule has 0 spiro atoms. The number of hydrogen-bond acceptors (Lipinski definition) is 5. The highest BCUT2D eigenvalue weighted by Crippen LogP contribution is 2.33. The number of benzene rings is 2. The average molecular weight is 392 g/mol. The molecule has 0 saturated heterocycles. The van der Waals surface area contributed by atoms with Crippen molar-refractivity contribution in [2.24, 2.45) is 0 Å². The molecule has 0 unspecified atom stereocenters. The molecule has 2 aromatic carbocycles. The Morgan fingerprint density at radius 1 is 0.933 bits per heavy atom. The van der Waals surface area contributed by atoms with Crippen LogP contribution >= 0.6 is 0 Å². The van der Waals surface area contributed by atoms with E-state index in [1.54, 1.807) is 13.3 Å². The Balaban J connectivity index is 1.88. The predicted octanol–water partition coefficient (Wildman–Crippen LogP) is 5.74. The lowest BCUT2D eigenvalue weighted by molar-refractivity contribution is 0.415. The molecule has 1 N–H and O–H groups in total. The summed E-state index contributed by atoms with van der Waals surface area (Å²) in [5.41, 5.74) is 5.61. The van der Waals surface area contributed by atoms with Gasteiger partial charge in [0.05, 0.1) is 18.5 Å². The second kappa shape index (κ2) is 8.46. The van der Waals surface area contributed by atoms with Crippen LogP contribution in [0.25, 0.3) is 22.5 Å². The number of aryl methyl sites for hydroxylation is 1. The second-order valence-corrected chi connectivity index (χ2v) is 6.82. The van der Waals surface area contributed by atoms with E-state index >= 15 is 0 Å². The smallest absolute Gasteiger partial charge is 0.149 e. The Morgan fingerprint density at radius 2 is 1.70 bits per heavy atom. The first-order valence-corrected chi connectivity index (χ1v) is 9.52. The number of methoxy groups -OCH3 is 1. The number of hydrogen-bond donors (Lipinski definition) is 1. The fourth-order valence-corrected chi connectivity index (χ4v) is 3.17. The molecule has 0 aliphatic rings. The van der Waals surface area contributed by atoms with Gasteiger partial charge >= 0.3 is 0 Å². The van der Waals surface area contributed by atoms with Crippen LogP contribution in [-0.4, -0.2) is 17.1 Å². The minimum absolute atomic E-state index is 0.473. The van der Waals surface area contributed by atoms with E-state index in [0.717, 1.165) is 33.8 Å². The molecule has 0 aliphatic carbocycles. The summed E-state index contributed by atoms with van der Waals surface area (Å²) in [6, 6.07) is 25.5. The number of rotatable bonds is 5. The highest BCUT2D eigenvalue weighted by atomic mass is 16.5. The SMILES string of the molecule is COc1ccc(-c2cc(-c3ccccn3)nc(Nc3ccc(C)cc3)c2C#N)cc1. The van der Waals surface area contributed by atoms with Crippen LogP contribution in [0.5, 0.6) is 5.75 Å². The van der Waals surface area contributed by atoms with Crippen LogP contribution in [0.2, 0.25) is 0 Å². The minimum atomic E-state index is 0.473. The first-order valence-electron chi connectivity index (χ1n) is 9.52. The summed E-state index contributed by atoms with van der Waals surface area (Å²) in [5.74, 6) is 1.25. The summed E-state index contributed by atoms with van der Waals surface area (Å²) < 4.78 is 5.27. The maximum atomic E-state index is 9.97. The second-order valence-electron chi connectivity index (χ2n) is 6.82. The van der Waals surface area contributed by atoms with Crippen molar-refractivity contribution in [1.82, 2.24) is 9.97 Å². The van der Waals surface area contributed by atoms with Crippen LogP contribution in [0.3, 0.4) is 0 Å². The lowest BCUT2D eigenvalue weighted by Crippen LogP contribution is -2.02. The minimum Gasteiger partial charge on any atom is -0.497 e. The Hall–Kier alpha value is -4.17. The third-order valence-corrected chi connectivity index (χ3v) is 4.77. The number of nitrogens with one attached hydrogen (secondary N) is 1. The molecule has 0 aliphatic heterocycles. The molecular weight excluding hydrogens is 372 g/mol. The van der Waals surface area contributed by atoms with E-state index in [2.05, 4.69) is 16.4 Å². The van der Waals surface area contributed by atoms with E-state index in [0.29, 0.717) is 17.1 Å². The van der Waals surface area contributed by atoms with Crippen molar-refractivity contribution in [2.75, 3.05) is 12.4 Å². The van der Waals surface area contributed by atoms with Crippen molar-refractivity contribution in [3.8, 4) is 34.3 Å². The molecule has 0 bridgehead atoms. The van der Waals surface area contributed by atoms with E-state index in [1.165, 1.54) is 0 Å². The van der Waals surface area contributed by atoms with Gasteiger partial charge in [-0.05, 0) is 55.0 Å². The standard InChI is InChI=1S/C25H20N4O/c1-17-6-10-19(11-7-17)28-25-22(16-26)21(18-8-12-20(30-2)13-9-18)15-24(29-25)23-5-3-4-14-27-23/h3-15H,1-2H3,(H,28,29). The van der Waals surface area contributed by atoms with Gasteiger partial charge in [0.1, 0.15) is 23.2 Å². The largest absolute Gasteiger partial charge is 0.497 e. The van der Waals surface area contributed by atoms with Gasteiger partial charge in [-0.3, -0.25) is 4.98 Å². The molecule has 4 aromatic rings. The maximum Gasteiger partial charge on any atom is 0.149 e. The number of nitriles is 1. The molecule has 5 heteroatoms. The number of pyridine rings is 2. The topological polar surface area (TPSA) is 70.8 Å². The Morgan fingerprint density at radius 3 is 2.33 bits per heavy atom. The molecule has 5 nitrogen and oxygen atoms in total. The summed E-state index contributed by atoms with van der Waals surface area (Å²) in [6.07, 6.45) is 1.73. The molecule has 0 amide bonds. The highest BCUT2D eigenvalue weighted by Gasteiger charge is 2.16. The van der Waals surface area contributed by atoms with E-state index < -0.39 is 0 Å². The number of nitrogens with zero attached hydrogens (tertiary/aromatic N) is 3. The third kappa shape index (κ3) is 3.98. The monoisotopic (exact) mass is 392 g/mol. The van der Waals surface area contributed by atoms with E-state index in [4.69, 9.17) is 9.72 Å². The molecule has 0 fully saturated rings. The van der Waals surface area contributed by atoms with Crippen LogP contribution in [0.4, 0.5) is 11.5 Å². The number of anilines is 2. The summed E-state index contributed by atoms with van der Waals surface area (Å²) in [6.45, 7) is 2.03. The Kier molecular flexibility index (Phi) is 5.40. The fraction of sp³-hybridized carbons (Fsp3) is 0.0800. The number of ether oxygens (including phenoxy) is 1. The van der Waals surface area contributed by atoms with Crippen LogP contribution in [0.15, 0.2) is 79.0 Å². The lowest BCUT2D eigenvalue weighted by atomic mass is 9.99. The molecule has 0 saturated carbocycles. The van der Waals surface area contributed by atoms with Gasteiger partial charge in [-0.2, -0.15) is 5.26 Å². The first-order chi connectivity index (χ1) is 14.7. The van der Waals surface area contributed by atoms with Crippen molar-refractivity contribution in [2.45, 2.75) is 6.92 Å². The lowest BCUT2D eigenvalue weighted by Gasteiger charge is -2.14. The van der Waals surface area contributed by atoms with Gasteiger partial charge < -0.3 is 10.1 Å². The first kappa shape index (κ1) is 19.2. The number of aromatic nitrogens is 2. The Labute approximate surface area is 175 Å². The molecule has 0 radical (unpaired) electrons. The molecule has 2 aromatic heterocycles. The zero-order valence-corrected chi connectivity index (χ0v) is 16.8. The molecule has 0 atom stereocenters. The van der Waals surface area contributed by atoms with Gasteiger partial charge in [0, 0.05) is 17.4 Å². The van der Waals surface area contributed by atoms with Crippen molar-refractivity contribution < 1.29 is 4.74 Å². The third-order valence-electron chi connectivity index (χ3n) is 4.77. The summed E-state index contributed by atoms with van der Waals surface area (Å²) >= 11 is 0. The average Bonchev–Trinajstić information content (AvgIpc) is 2.80. The quantitative estimate of drug-likeness (QED) is 0.469. The molecule has 30 heavy (non-hydrogen) atoms. The van der Waals surface area contributed by atoms with Crippen molar-refractivity contribution >= 4 is 11.5 Å². The highest BCUT2D eigenvalue weighted by molar-refractivity contribution is 5.82. The molecule has 4 rings (SSSR count). The molecule has 2 heterocycles. The normalized spacial score (nSPS) is 10.3.